The minimum absolute atomic E-state index is 0.202. The minimum atomic E-state index is -3.80. The first-order valence-electron chi connectivity index (χ1n) is 9.61. The van der Waals surface area contributed by atoms with E-state index in [0.717, 1.165) is 10.6 Å². The van der Waals surface area contributed by atoms with Gasteiger partial charge in [-0.1, -0.05) is 36.7 Å². The number of sulfonamides is 1. The number of para-hydroxylation sites is 1. The fourth-order valence-corrected chi connectivity index (χ4v) is 4.43. The summed E-state index contributed by atoms with van der Waals surface area (Å²) in [4.78, 5) is 25.6. The second-order valence-corrected chi connectivity index (χ2v) is 9.04. The number of nitrogens with zero attached hydrogens (tertiary/aromatic N) is 1. The summed E-state index contributed by atoms with van der Waals surface area (Å²) in [5.74, 6) is -0.944. The molecule has 2 N–H and O–H groups in total. The van der Waals surface area contributed by atoms with Gasteiger partial charge in [0.1, 0.15) is 6.04 Å². The van der Waals surface area contributed by atoms with Gasteiger partial charge in [-0.3, -0.25) is 13.9 Å². The Hall–Kier alpha value is -2.62. The second-order valence-electron chi connectivity index (χ2n) is 6.75. The van der Waals surface area contributed by atoms with Crippen molar-refractivity contribution in [2.45, 2.75) is 19.4 Å². The van der Waals surface area contributed by atoms with E-state index >= 15 is 0 Å². The molecule has 0 unspecified atom stereocenters. The molecule has 0 saturated carbocycles. The molecule has 8 nitrogen and oxygen atoms in total. The molecule has 1 atom stereocenters. The minimum Gasteiger partial charge on any atom is -0.383 e. The molecule has 31 heavy (non-hydrogen) atoms. The number of rotatable bonds is 10. The Bertz CT molecular complexity index is 1030. The van der Waals surface area contributed by atoms with Crippen LogP contribution >= 0.6 is 11.6 Å². The Morgan fingerprint density at radius 1 is 1.16 bits per heavy atom. The molecule has 2 rings (SSSR count). The van der Waals surface area contributed by atoms with Crippen molar-refractivity contribution >= 4 is 44.8 Å². The van der Waals surface area contributed by atoms with E-state index in [0.29, 0.717) is 18.2 Å². The van der Waals surface area contributed by atoms with E-state index in [4.69, 9.17) is 16.3 Å². The summed E-state index contributed by atoms with van der Waals surface area (Å²) in [6.07, 6.45) is 1.23. The van der Waals surface area contributed by atoms with Crippen LogP contribution in [0.1, 0.15) is 23.7 Å². The van der Waals surface area contributed by atoms with E-state index < -0.39 is 22.0 Å². The molecule has 2 amide bonds. The molecule has 0 radical (unpaired) electrons. The highest BCUT2D eigenvalue weighted by molar-refractivity contribution is 7.92. The largest absolute Gasteiger partial charge is 0.383 e. The quantitative estimate of drug-likeness (QED) is 0.523. The Morgan fingerprint density at radius 3 is 2.48 bits per heavy atom. The lowest BCUT2D eigenvalue weighted by molar-refractivity contribution is -0.117. The van der Waals surface area contributed by atoms with Crippen LogP contribution in [-0.2, 0) is 19.6 Å². The second kappa shape index (κ2) is 11.1. The number of anilines is 2. The monoisotopic (exact) mass is 467 g/mol. The van der Waals surface area contributed by atoms with Gasteiger partial charge < -0.3 is 15.4 Å². The van der Waals surface area contributed by atoms with Gasteiger partial charge in [0.05, 0.1) is 29.8 Å². The van der Waals surface area contributed by atoms with Crippen molar-refractivity contribution < 1.29 is 22.7 Å². The number of nitrogens with one attached hydrogen (secondary N) is 2. The number of methoxy groups -OCH3 is 1. The molecule has 2 aromatic carbocycles. The maximum absolute atomic E-state index is 13.1. The van der Waals surface area contributed by atoms with E-state index in [-0.39, 0.29) is 29.3 Å². The van der Waals surface area contributed by atoms with E-state index in [1.54, 1.807) is 49.4 Å². The molecule has 10 heteroatoms. The lowest BCUT2D eigenvalue weighted by Crippen LogP contribution is -2.47. The summed E-state index contributed by atoms with van der Waals surface area (Å²) >= 11 is 6.03. The predicted molar refractivity (Wildman–Crippen MR) is 122 cm³/mol. The fraction of sp³-hybridized carbons (Fsp3) is 0.333. The molecular weight excluding hydrogens is 442 g/mol. The molecule has 0 aliphatic carbocycles. The van der Waals surface area contributed by atoms with Crippen LogP contribution in [0.2, 0.25) is 5.02 Å². The number of carbonyl (C=O) groups is 2. The van der Waals surface area contributed by atoms with Gasteiger partial charge >= 0.3 is 0 Å². The van der Waals surface area contributed by atoms with Gasteiger partial charge in [-0.2, -0.15) is 0 Å². The van der Waals surface area contributed by atoms with Crippen molar-refractivity contribution in [2.75, 3.05) is 36.1 Å². The molecule has 168 valence electrons. The van der Waals surface area contributed by atoms with Crippen LogP contribution in [0.5, 0.6) is 0 Å². The number of carbonyl (C=O) groups excluding carboxylic acids is 2. The topological polar surface area (TPSA) is 105 Å². The molecule has 2 aromatic rings. The standard InChI is InChI=1S/C21H26ClN3O5S/c1-4-19(25(31(3,28)29)16-9-7-8-15(22)14-16)21(27)24-18-11-6-5-10-17(18)20(26)23-12-13-30-2/h5-11,14,19H,4,12-13H2,1-3H3,(H,23,26)(H,24,27)/t19-/m1/s1. The van der Waals surface area contributed by atoms with Crippen molar-refractivity contribution in [3.8, 4) is 0 Å². The molecule has 0 bridgehead atoms. The SMILES string of the molecule is CC[C@H](C(=O)Nc1ccccc1C(=O)NCCOC)N(c1cccc(Cl)c1)S(C)(=O)=O. The zero-order valence-corrected chi connectivity index (χ0v) is 19.2. The molecule has 0 aliphatic rings. The third kappa shape index (κ3) is 6.68. The lowest BCUT2D eigenvalue weighted by Gasteiger charge is -2.30. The number of hydrogen-bond donors (Lipinski definition) is 2. The molecule has 0 saturated heterocycles. The summed E-state index contributed by atoms with van der Waals surface area (Å²) in [5.41, 5.74) is 0.818. The first kappa shape index (κ1) is 24.6. The Morgan fingerprint density at radius 2 is 1.87 bits per heavy atom. The van der Waals surface area contributed by atoms with Crippen LogP contribution in [-0.4, -0.2) is 52.8 Å². The normalized spacial score (nSPS) is 12.1. The first-order valence-corrected chi connectivity index (χ1v) is 11.8. The van der Waals surface area contributed by atoms with Gasteiger partial charge in [-0.25, -0.2) is 8.42 Å². The fourth-order valence-electron chi connectivity index (χ4n) is 3.04. The molecule has 0 heterocycles. The third-order valence-electron chi connectivity index (χ3n) is 4.41. The van der Waals surface area contributed by atoms with Crippen LogP contribution < -0.4 is 14.9 Å². The van der Waals surface area contributed by atoms with Crippen LogP contribution in [0.15, 0.2) is 48.5 Å². The zero-order chi connectivity index (χ0) is 23.0. The molecule has 0 aromatic heterocycles. The lowest BCUT2D eigenvalue weighted by atomic mass is 10.1. The van der Waals surface area contributed by atoms with Crippen molar-refractivity contribution in [3.05, 3.63) is 59.1 Å². The van der Waals surface area contributed by atoms with E-state index in [1.807, 2.05) is 0 Å². The van der Waals surface area contributed by atoms with Gasteiger partial charge in [0.15, 0.2) is 0 Å². The van der Waals surface area contributed by atoms with Gasteiger partial charge in [0, 0.05) is 18.7 Å². The highest BCUT2D eigenvalue weighted by atomic mass is 35.5. The average Bonchev–Trinajstić information content (AvgIpc) is 2.71. The van der Waals surface area contributed by atoms with Gasteiger partial charge in [0.25, 0.3) is 5.91 Å². The van der Waals surface area contributed by atoms with E-state index in [2.05, 4.69) is 10.6 Å². The van der Waals surface area contributed by atoms with Crippen LogP contribution in [0.25, 0.3) is 0 Å². The Kier molecular flexibility index (Phi) is 8.85. The molecule has 0 aliphatic heterocycles. The summed E-state index contributed by atoms with van der Waals surface area (Å²) in [6.45, 7) is 2.36. The summed E-state index contributed by atoms with van der Waals surface area (Å²) < 4.78 is 31.1. The molecule has 0 fully saturated rings. The summed E-state index contributed by atoms with van der Waals surface area (Å²) in [7, 11) is -2.28. The summed E-state index contributed by atoms with van der Waals surface area (Å²) in [5, 5.41) is 5.75. The van der Waals surface area contributed by atoms with Gasteiger partial charge in [-0.15, -0.1) is 0 Å². The van der Waals surface area contributed by atoms with Crippen molar-refractivity contribution in [1.82, 2.24) is 5.32 Å². The van der Waals surface area contributed by atoms with Crippen molar-refractivity contribution in [3.63, 3.8) is 0 Å². The number of halogens is 1. The highest BCUT2D eigenvalue weighted by Gasteiger charge is 2.32. The van der Waals surface area contributed by atoms with E-state index in [1.165, 1.54) is 13.2 Å². The molecular formula is C21H26ClN3O5S. The zero-order valence-electron chi connectivity index (χ0n) is 17.6. The van der Waals surface area contributed by atoms with Gasteiger partial charge in [-0.05, 0) is 36.8 Å². The Labute approximate surface area is 187 Å². The van der Waals surface area contributed by atoms with Crippen molar-refractivity contribution in [2.24, 2.45) is 0 Å². The summed E-state index contributed by atoms with van der Waals surface area (Å²) in [6, 6.07) is 11.7. The Balaban J connectivity index is 2.33. The van der Waals surface area contributed by atoms with Crippen LogP contribution in [0.4, 0.5) is 11.4 Å². The number of benzene rings is 2. The maximum Gasteiger partial charge on any atom is 0.253 e. The first-order chi connectivity index (χ1) is 14.7. The number of ether oxygens (including phenoxy) is 1. The average molecular weight is 468 g/mol. The smallest absolute Gasteiger partial charge is 0.253 e. The number of hydrogen-bond acceptors (Lipinski definition) is 5. The van der Waals surface area contributed by atoms with Crippen molar-refractivity contribution in [1.29, 1.82) is 0 Å². The van der Waals surface area contributed by atoms with Gasteiger partial charge in [0.2, 0.25) is 15.9 Å². The van der Waals surface area contributed by atoms with Crippen LogP contribution in [0.3, 0.4) is 0 Å². The predicted octanol–water partition coefficient (Wildman–Crippen LogP) is 2.90. The number of amides is 2. The maximum atomic E-state index is 13.1. The molecule has 0 spiro atoms. The van der Waals surface area contributed by atoms with E-state index in [9.17, 15) is 18.0 Å². The highest BCUT2D eigenvalue weighted by Crippen LogP contribution is 2.26. The van der Waals surface area contributed by atoms with Crippen LogP contribution in [0, 0.1) is 0 Å². The third-order valence-corrected chi connectivity index (χ3v) is 5.83.